The maximum Gasteiger partial charge on any atom is 0.244 e. The molecule has 1 aromatic rings. The van der Waals surface area contributed by atoms with Crippen LogP contribution in [0.5, 0.6) is 0 Å². The number of nitrogens with two attached hydrogens (primary N) is 1. The van der Waals surface area contributed by atoms with Gasteiger partial charge in [-0.3, -0.25) is 9.48 Å². The second-order valence-electron chi connectivity index (χ2n) is 5.44. The van der Waals surface area contributed by atoms with Crippen molar-refractivity contribution in [2.45, 2.75) is 38.8 Å². The zero-order chi connectivity index (χ0) is 15.5. The van der Waals surface area contributed by atoms with Crippen molar-refractivity contribution in [2.24, 2.45) is 0 Å². The number of carbonyl (C=O) groups excluding carboxylic acids is 1. The van der Waals surface area contributed by atoms with Gasteiger partial charge in [0.05, 0.1) is 11.5 Å². The van der Waals surface area contributed by atoms with Crippen LogP contribution < -0.4 is 5.73 Å². The van der Waals surface area contributed by atoms with Crippen molar-refractivity contribution in [3.63, 3.8) is 0 Å². The molecule has 1 amide bonds. The summed E-state index contributed by atoms with van der Waals surface area (Å²) >= 11 is 0. The fourth-order valence-corrected chi connectivity index (χ4v) is 4.29. The lowest BCUT2D eigenvalue weighted by Gasteiger charge is -2.28. The van der Waals surface area contributed by atoms with Crippen molar-refractivity contribution in [1.82, 2.24) is 14.7 Å². The highest BCUT2D eigenvalue weighted by Crippen LogP contribution is 2.19. The summed E-state index contributed by atoms with van der Waals surface area (Å²) in [7, 11) is -3.00. The molecule has 2 rings (SSSR count). The third-order valence-corrected chi connectivity index (χ3v) is 5.43. The Bertz CT molecular complexity index is 596. The lowest BCUT2D eigenvalue weighted by atomic mass is 10.2. The highest BCUT2D eigenvalue weighted by Gasteiger charge is 2.34. The molecule has 0 radical (unpaired) electrons. The van der Waals surface area contributed by atoms with Gasteiger partial charge in [0.2, 0.25) is 5.91 Å². The van der Waals surface area contributed by atoms with E-state index in [1.165, 1.54) is 4.68 Å². The summed E-state index contributed by atoms with van der Waals surface area (Å²) in [5, 5.41) is 4.00. The Morgan fingerprint density at radius 1 is 1.57 bits per heavy atom. The van der Waals surface area contributed by atoms with Gasteiger partial charge in [-0.25, -0.2) is 8.42 Å². The molecule has 1 unspecified atom stereocenters. The van der Waals surface area contributed by atoms with Crippen molar-refractivity contribution < 1.29 is 13.2 Å². The molecule has 0 aromatic carbocycles. The number of aromatic nitrogens is 2. The normalized spacial score (nSPS) is 20.5. The van der Waals surface area contributed by atoms with Crippen LogP contribution in [0.1, 0.15) is 26.2 Å². The van der Waals surface area contributed by atoms with E-state index < -0.39 is 9.84 Å². The summed E-state index contributed by atoms with van der Waals surface area (Å²) < 4.78 is 24.7. The summed E-state index contributed by atoms with van der Waals surface area (Å²) in [5.41, 5.74) is 5.53. The third-order valence-electron chi connectivity index (χ3n) is 3.68. The monoisotopic (exact) mass is 314 g/mol. The van der Waals surface area contributed by atoms with Crippen LogP contribution in [-0.4, -0.2) is 53.1 Å². The summed E-state index contributed by atoms with van der Waals surface area (Å²) in [4.78, 5) is 14.2. The number of sulfone groups is 1. The first-order valence-corrected chi connectivity index (χ1v) is 9.02. The highest BCUT2D eigenvalue weighted by atomic mass is 32.2. The zero-order valence-corrected chi connectivity index (χ0v) is 13.1. The zero-order valence-electron chi connectivity index (χ0n) is 12.2. The number of hydrogen-bond donors (Lipinski definition) is 1. The quantitative estimate of drug-likeness (QED) is 0.813. The fraction of sp³-hybridized carbons (Fsp3) is 0.692. The van der Waals surface area contributed by atoms with Gasteiger partial charge in [0, 0.05) is 18.8 Å². The molecule has 1 fully saturated rings. The van der Waals surface area contributed by atoms with Crippen molar-refractivity contribution in [2.75, 3.05) is 23.8 Å². The molecular formula is C13H22N4O3S. The minimum Gasteiger partial charge on any atom is -0.382 e. The molecule has 1 aliphatic heterocycles. The molecule has 1 saturated heterocycles. The van der Waals surface area contributed by atoms with E-state index in [1.807, 2.05) is 6.92 Å². The number of hydrogen-bond acceptors (Lipinski definition) is 5. The van der Waals surface area contributed by atoms with Crippen LogP contribution in [0, 0.1) is 0 Å². The van der Waals surface area contributed by atoms with Crippen LogP contribution in [0.3, 0.4) is 0 Å². The molecule has 1 aliphatic rings. The first kappa shape index (κ1) is 15.8. The maximum atomic E-state index is 12.5. The molecule has 2 N–H and O–H groups in total. The Kier molecular flexibility index (Phi) is 4.87. The molecular weight excluding hydrogens is 292 g/mol. The molecule has 21 heavy (non-hydrogen) atoms. The van der Waals surface area contributed by atoms with Crippen molar-refractivity contribution in [3.05, 3.63) is 12.3 Å². The molecule has 2 heterocycles. The van der Waals surface area contributed by atoms with Crippen LogP contribution >= 0.6 is 0 Å². The SMILES string of the molecule is CCCCN(C(=O)Cn1ccc(N)n1)C1CCS(=O)(=O)C1. The van der Waals surface area contributed by atoms with Gasteiger partial charge < -0.3 is 10.6 Å². The number of amides is 1. The summed E-state index contributed by atoms with van der Waals surface area (Å²) in [5.74, 6) is 0.506. The number of carbonyl (C=O) groups is 1. The minimum atomic E-state index is -3.00. The topological polar surface area (TPSA) is 98.3 Å². The number of rotatable bonds is 6. The lowest BCUT2D eigenvalue weighted by Crippen LogP contribution is -2.43. The van der Waals surface area contributed by atoms with Gasteiger partial charge in [0.25, 0.3) is 0 Å². The molecule has 118 valence electrons. The molecule has 8 heteroatoms. The Labute approximate surface area is 125 Å². The summed E-state index contributed by atoms with van der Waals surface area (Å²) in [6.07, 6.45) is 4.00. The lowest BCUT2D eigenvalue weighted by molar-refractivity contribution is -0.134. The van der Waals surface area contributed by atoms with Gasteiger partial charge in [-0.05, 0) is 18.9 Å². The van der Waals surface area contributed by atoms with E-state index in [-0.39, 0.29) is 30.0 Å². The third kappa shape index (κ3) is 4.20. The van der Waals surface area contributed by atoms with Crippen molar-refractivity contribution in [1.29, 1.82) is 0 Å². The van der Waals surface area contributed by atoms with Gasteiger partial charge in [0.15, 0.2) is 9.84 Å². The van der Waals surface area contributed by atoms with Crippen molar-refractivity contribution in [3.8, 4) is 0 Å². The smallest absolute Gasteiger partial charge is 0.244 e. The molecule has 1 aromatic heterocycles. The molecule has 7 nitrogen and oxygen atoms in total. The maximum absolute atomic E-state index is 12.5. The largest absolute Gasteiger partial charge is 0.382 e. The van der Waals surface area contributed by atoms with E-state index in [0.29, 0.717) is 18.8 Å². The van der Waals surface area contributed by atoms with E-state index >= 15 is 0 Å². The predicted octanol–water partition coefficient (Wildman–Crippen LogP) is 0.281. The van der Waals surface area contributed by atoms with E-state index in [4.69, 9.17) is 5.73 Å². The Morgan fingerprint density at radius 2 is 2.33 bits per heavy atom. The molecule has 0 aliphatic carbocycles. The summed E-state index contributed by atoms with van der Waals surface area (Å²) in [6, 6.07) is 1.42. The van der Waals surface area contributed by atoms with Crippen LogP contribution in [0.15, 0.2) is 12.3 Å². The number of nitrogens with zero attached hydrogens (tertiary/aromatic N) is 3. The number of anilines is 1. The molecule has 0 saturated carbocycles. The van der Waals surface area contributed by atoms with E-state index in [9.17, 15) is 13.2 Å². The molecule has 0 bridgehead atoms. The highest BCUT2D eigenvalue weighted by molar-refractivity contribution is 7.91. The van der Waals surface area contributed by atoms with Crippen molar-refractivity contribution >= 4 is 21.6 Å². The predicted molar refractivity (Wildman–Crippen MR) is 80.3 cm³/mol. The Balaban J connectivity index is 2.06. The van der Waals surface area contributed by atoms with Gasteiger partial charge in [-0.2, -0.15) is 5.10 Å². The van der Waals surface area contributed by atoms with Gasteiger partial charge in [-0.1, -0.05) is 13.3 Å². The van der Waals surface area contributed by atoms with Crippen LogP contribution in [0.25, 0.3) is 0 Å². The number of nitrogen functional groups attached to an aromatic ring is 1. The first-order valence-electron chi connectivity index (χ1n) is 7.20. The van der Waals surface area contributed by atoms with Gasteiger partial charge in [0.1, 0.15) is 12.4 Å². The first-order chi connectivity index (χ1) is 9.91. The Morgan fingerprint density at radius 3 is 2.86 bits per heavy atom. The van der Waals surface area contributed by atoms with Crippen LogP contribution in [-0.2, 0) is 21.2 Å². The van der Waals surface area contributed by atoms with E-state index in [0.717, 1.165) is 12.8 Å². The fourth-order valence-electron chi connectivity index (χ4n) is 2.56. The van der Waals surface area contributed by atoms with Crippen LogP contribution in [0.4, 0.5) is 5.82 Å². The second kappa shape index (κ2) is 6.46. The standard InChI is InChI=1S/C13H22N4O3S/c1-2-3-6-17(11-5-8-21(19,20)10-11)13(18)9-16-7-4-12(14)15-16/h4,7,11H,2-3,5-6,8-10H2,1H3,(H2,14,15). The van der Waals surface area contributed by atoms with Gasteiger partial charge in [-0.15, -0.1) is 0 Å². The summed E-state index contributed by atoms with van der Waals surface area (Å²) in [6.45, 7) is 2.73. The molecule has 0 spiro atoms. The minimum absolute atomic E-state index is 0.0731. The van der Waals surface area contributed by atoms with Crippen LogP contribution in [0.2, 0.25) is 0 Å². The van der Waals surface area contributed by atoms with E-state index in [2.05, 4.69) is 5.10 Å². The number of unbranched alkanes of at least 4 members (excludes halogenated alkanes) is 1. The van der Waals surface area contributed by atoms with E-state index in [1.54, 1.807) is 17.2 Å². The second-order valence-corrected chi connectivity index (χ2v) is 7.66. The Hall–Kier alpha value is -1.57. The average molecular weight is 314 g/mol. The van der Waals surface area contributed by atoms with Gasteiger partial charge >= 0.3 is 0 Å². The average Bonchev–Trinajstić information content (AvgIpc) is 2.96. The molecule has 1 atom stereocenters.